The Balaban J connectivity index is 1.60. The van der Waals surface area contributed by atoms with Gasteiger partial charge in [-0.05, 0) is 98.7 Å². The predicted octanol–water partition coefficient (Wildman–Crippen LogP) is 7.93. The van der Waals surface area contributed by atoms with Gasteiger partial charge in [-0.15, -0.1) is 0 Å². The van der Waals surface area contributed by atoms with Gasteiger partial charge in [0.05, 0.1) is 0 Å². The molecule has 0 aliphatic heterocycles. The number of carbonyl (C=O) groups excluding carboxylic acids is 2. The number of ether oxygens (including phenoxy) is 1. The van der Waals surface area contributed by atoms with Crippen LogP contribution in [0, 0.1) is 50.2 Å². The van der Waals surface area contributed by atoms with Crippen LogP contribution in [0.3, 0.4) is 0 Å². The SMILES string of the molecule is C/C=C(\C)C(=O)O[C@@H]1CC(C)(C)C[C@@H]2C3=CC[C@@H]4[C@@]5(C)CCC(=O)C(C)(C)C5CC[C@@]4(C)[C@]3(C)CC[C@]21C(=O)O. The number of carbonyl (C=O) groups is 3. The minimum Gasteiger partial charge on any atom is -0.481 e. The largest absolute Gasteiger partial charge is 0.481 e. The molecule has 0 bridgehead atoms. The van der Waals surface area contributed by atoms with Gasteiger partial charge in [0.2, 0.25) is 0 Å². The van der Waals surface area contributed by atoms with Crippen molar-refractivity contribution < 1.29 is 24.2 Å². The Bertz CT molecular complexity index is 1190. The first-order valence-electron chi connectivity index (χ1n) is 15.7. The van der Waals surface area contributed by atoms with E-state index in [1.165, 1.54) is 5.57 Å². The number of aliphatic carboxylic acids is 1. The number of Topliss-reactive ketones (excluding diaryl/α,β-unsaturated/α-hetero) is 1. The van der Waals surface area contributed by atoms with E-state index in [2.05, 4.69) is 54.5 Å². The average Bonchev–Trinajstić information content (AvgIpc) is 2.85. The van der Waals surface area contributed by atoms with Gasteiger partial charge in [-0.25, -0.2) is 4.79 Å². The lowest BCUT2D eigenvalue weighted by molar-refractivity contribution is -0.206. The topological polar surface area (TPSA) is 80.7 Å². The Hall–Kier alpha value is -1.91. The highest BCUT2D eigenvalue weighted by Gasteiger charge is 2.71. The second kappa shape index (κ2) is 9.04. The molecular weight excluding hydrogens is 500 g/mol. The van der Waals surface area contributed by atoms with E-state index < -0.39 is 23.5 Å². The molecule has 5 nitrogen and oxygen atoms in total. The van der Waals surface area contributed by atoms with Gasteiger partial charge in [0, 0.05) is 23.3 Å². The van der Waals surface area contributed by atoms with E-state index in [9.17, 15) is 19.5 Å². The zero-order chi connectivity index (χ0) is 29.7. The van der Waals surface area contributed by atoms with Crippen LogP contribution in [-0.4, -0.2) is 28.9 Å². The monoisotopic (exact) mass is 552 g/mol. The first-order valence-corrected chi connectivity index (χ1v) is 15.7. The van der Waals surface area contributed by atoms with Crippen molar-refractivity contribution in [3.05, 3.63) is 23.3 Å². The molecule has 0 amide bonds. The van der Waals surface area contributed by atoms with Gasteiger partial charge in [-0.3, -0.25) is 9.59 Å². The summed E-state index contributed by atoms with van der Waals surface area (Å²) in [6.07, 6.45) is 10.9. The zero-order valence-electron chi connectivity index (χ0n) is 26.4. The lowest BCUT2D eigenvalue weighted by atomic mass is 9.33. The van der Waals surface area contributed by atoms with Crippen LogP contribution in [0.4, 0.5) is 0 Å². The second-order valence-corrected chi connectivity index (χ2v) is 16.3. The molecule has 0 aromatic carbocycles. The van der Waals surface area contributed by atoms with Crippen molar-refractivity contribution in [2.45, 2.75) is 126 Å². The summed E-state index contributed by atoms with van der Waals surface area (Å²) < 4.78 is 6.13. The Morgan fingerprint density at radius 3 is 2.27 bits per heavy atom. The number of fused-ring (bicyclic) bond motifs is 7. The van der Waals surface area contributed by atoms with Gasteiger partial charge in [-0.1, -0.05) is 66.2 Å². The van der Waals surface area contributed by atoms with Crippen molar-refractivity contribution in [2.75, 3.05) is 0 Å². The van der Waals surface area contributed by atoms with Crippen molar-refractivity contribution in [2.24, 2.45) is 50.2 Å². The molecule has 8 atom stereocenters. The summed E-state index contributed by atoms with van der Waals surface area (Å²) in [6, 6.07) is 0. The molecule has 4 saturated carbocycles. The van der Waals surface area contributed by atoms with Crippen molar-refractivity contribution >= 4 is 17.7 Å². The Morgan fingerprint density at radius 1 is 0.975 bits per heavy atom. The van der Waals surface area contributed by atoms with Crippen LogP contribution in [0.25, 0.3) is 0 Å². The van der Waals surface area contributed by atoms with Crippen molar-refractivity contribution in [3.63, 3.8) is 0 Å². The normalized spacial score (nSPS) is 45.7. The number of carboxylic acid groups (broad SMARTS) is 1. The van der Waals surface area contributed by atoms with E-state index in [-0.39, 0.29) is 33.0 Å². The highest BCUT2D eigenvalue weighted by Crippen LogP contribution is 2.75. The number of hydrogen-bond donors (Lipinski definition) is 1. The number of allylic oxidation sites excluding steroid dienone is 3. The Morgan fingerprint density at radius 2 is 1.65 bits per heavy atom. The number of esters is 1. The first-order chi connectivity index (χ1) is 18.4. The summed E-state index contributed by atoms with van der Waals surface area (Å²) in [5.74, 6) is -0.125. The molecule has 0 saturated heterocycles. The van der Waals surface area contributed by atoms with Crippen LogP contribution in [-0.2, 0) is 19.1 Å². The molecule has 222 valence electrons. The van der Waals surface area contributed by atoms with Gasteiger partial charge in [-0.2, -0.15) is 0 Å². The number of hydrogen-bond acceptors (Lipinski definition) is 4. The van der Waals surface area contributed by atoms with Crippen LogP contribution in [0.15, 0.2) is 23.3 Å². The summed E-state index contributed by atoms with van der Waals surface area (Å²) in [7, 11) is 0. The summed E-state index contributed by atoms with van der Waals surface area (Å²) >= 11 is 0. The van der Waals surface area contributed by atoms with Crippen LogP contribution in [0.2, 0.25) is 0 Å². The van der Waals surface area contributed by atoms with E-state index in [4.69, 9.17) is 4.74 Å². The predicted molar refractivity (Wildman–Crippen MR) is 156 cm³/mol. The summed E-state index contributed by atoms with van der Waals surface area (Å²) in [4.78, 5) is 39.4. The molecule has 0 spiro atoms. The van der Waals surface area contributed by atoms with Crippen LogP contribution >= 0.6 is 0 Å². The maximum atomic E-state index is 13.4. The van der Waals surface area contributed by atoms with Gasteiger partial charge in [0.15, 0.2) is 0 Å². The summed E-state index contributed by atoms with van der Waals surface area (Å²) in [5.41, 5.74) is 0.279. The molecule has 5 aliphatic carbocycles. The third-order valence-electron chi connectivity index (χ3n) is 13.8. The Kier molecular flexibility index (Phi) is 6.69. The molecule has 5 aliphatic rings. The molecule has 0 aromatic rings. The number of rotatable bonds is 3. The molecule has 0 aromatic heterocycles. The van der Waals surface area contributed by atoms with Gasteiger partial charge >= 0.3 is 11.9 Å². The molecule has 1 N–H and O–H groups in total. The fourth-order valence-electron chi connectivity index (χ4n) is 11.1. The quantitative estimate of drug-likeness (QED) is 0.218. The fraction of sp³-hybridized carbons (Fsp3) is 0.800. The fourth-order valence-corrected chi connectivity index (χ4v) is 11.1. The van der Waals surface area contributed by atoms with E-state index in [0.29, 0.717) is 42.5 Å². The van der Waals surface area contributed by atoms with Gasteiger partial charge in [0.1, 0.15) is 17.3 Å². The third-order valence-corrected chi connectivity index (χ3v) is 13.8. The van der Waals surface area contributed by atoms with Crippen molar-refractivity contribution in [1.29, 1.82) is 0 Å². The maximum Gasteiger partial charge on any atom is 0.333 e. The summed E-state index contributed by atoms with van der Waals surface area (Å²) in [6.45, 7) is 19.7. The van der Waals surface area contributed by atoms with Gasteiger partial charge in [0.25, 0.3) is 0 Å². The van der Waals surface area contributed by atoms with Crippen molar-refractivity contribution in [3.8, 4) is 0 Å². The molecule has 0 radical (unpaired) electrons. The number of ketones is 1. The molecule has 4 fully saturated rings. The number of carboxylic acids is 1. The van der Waals surface area contributed by atoms with Crippen LogP contribution in [0.5, 0.6) is 0 Å². The lowest BCUT2D eigenvalue weighted by Gasteiger charge is -2.70. The van der Waals surface area contributed by atoms with E-state index in [0.717, 1.165) is 38.5 Å². The second-order valence-electron chi connectivity index (χ2n) is 16.3. The zero-order valence-corrected chi connectivity index (χ0v) is 26.4. The average molecular weight is 553 g/mol. The molecule has 5 rings (SSSR count). The third kappa shape index (κ3) is 3.73. The molecule has 0 heterocycles. The minimum atomic E-state index is -1.10. The van der Waals surface area contributed by atoms with Gasteiger partial charge < -0.3 is 9.84 Å². The Labute approximate surface area is 241 Å². The molecule has 1 unspecified atom stereocenters. The van der Waals surface area contributed by atoms with Crippen LogP contribution < -0.4 is 0 Å². The molecular formula is C35H52O5. The maximum absolute atomic E-state index is 13.4. The van der Waals surface area contributed by atoms with E-state index in [1.54, 1.807) is 13.0 Å². The standard InChI is InChI=1S/C35H52O5/c1-10-21(2)28(37)40-27-20-30(3,4)19-23-22-11-12-25-32(7)15-14-26(36)31(5,6)24(32)13-16-34(25,9)33(22,8)17-18-35(23,27)29(38)39/h10-11,23-25,27H,12-20H2,1-9H3,(H,38,39)/b21-10+/t23-,24?,25-,27-,32+,33-,34-,35+/m1/s1. The smallest absolute Gasteiger partial charge is 0.333 e. The lowest BCUT2D eigenvalue weighted by Crippen LogP contribution is -2.66. The minimum absolute atomic E-state index is 0.0266. The summed E-state index contributed by atoms with van der Waals surface area (Å²) in [5, 5.41) is 11.0. The van der Waals surface area contributed by atoms with Crippen LogP contribution in [0.1, 0.15) is 120 Å². The van der Waals surface area contributed by atoms with E-state index in [1.807, 2.05) is 6.92 Å². The molecule has 5 heteroatoms. The van der Waals surface area contributed by atoms with Crippen molar-refractivity contribution in [1.82, 2.24) is 0 Å². The van der Waals surface area contributed by atoms with E-state index >= 15 is 0 Å². The highest BCUT2D eigenvalue weighted by molar-refractivity contribution is 5.88. The highest BCUT2D eigenvalue weighted by atomic mass is 16.5. The molecule has 40 heavy (non-hydrogen) atoms. The first kappa shape index (κ1) is 29.6.